The highest BCUT2D eigenvalue weighted by Crippen LogP contribution is 2.39. The number of hydrogen-bond acceptors (Lipinski definition) is 3. The fraction of sp³-hybridized carbons (Fsp3) is 0.381. The van der Waals surface area contributed by atoms with Crippen molar-refractivity contribution in [1.29, 1.82) is 0 Å². The van der Waals surface area contributed by atoms with E-state index in [0.29, 0.717) is 5.56 Å². The highest BCUT2D eigenvalue weighted by atomic mass is 16.5. The van der Waals surface area contributed by atoms with E-state index in [2.05, 4.69) is 18.2 Å². The molecule has 0 saturated carbocycles. The number of methoxy groups -OCH3 is 1. The molecule has 0 radical (unpaired) electrons. The third kappa shape index (κ3) is 3.09. The topological polar surface area (TPSA) is 38.8 Å². The molecule has 130 valence electrons. The van der Waals surface area contributed by atoms with Gasteiger partial charge < -0.3 is 14.4 Å². The maximum Gasteiger partial charge on any atom is 0.253 e. The Balaban J connectivity index is 1.42. The lowest BCUT2D eigenvalue weighted by Crippen LogP contribution is -2.51. The van der Waals surface area contributed by atoms with Crippen LogP contribution in [0.1, 0.15) is 35.2 Å². The summed E-state index contributed by atoms with van der Waals surface area (Å²) >= 11 is 0. The monoisotopic (exact) mass is 337 g/mol. The number of hydrogen-bond donors (Lipinski definition) is 0. The predicted octanol–water partition coefficient (Wildman–Crippen LogP) is 3.70. The van der Waals surface area contributed by atoms with Gasteiger partial charge in [0.25, 0.3) is 5.91 Å². The summed E-state index contributed by atoms with van der Waals surface area (Å²) in [5, 5.41) is 0. The first-order valence-electron chi connectivity index (χ1n) is 8.89. The van der Waals surface area contributed by atoms with Gasteiger partial charge in [-0.25, -0.2) is 0 Å². The summed E-state index contributed by atoms with van der Waals surface area (Å²) in [6, 6.07) is 15.6. The summed E-state index contributed by atoms with van der Waals surface area (Å²) in [6.07, 6.45) is 3.88. The van der Waals surface area contributed by atoms with E-state index in [9.17, 15) is 4.79 Å². The molecule has 0 aliphatic carbocycles. The Morgan fingerprint density at radius 3 is 2.48 bits per heavy atom. The first kappa shape index (κ1) is 16.0. The van der Waals surface area contributed by atoms with E-state index < -0.39 is 0 Å². The Labute approximate surface area is 148 Å². The summed E-state index contributed by atoms with van der Waals surface area (Å²) in [7, 11) is 1.63. The number of piperidine rings is 1. The van der Waals surface area contributed by atoms with Gasteiger partial charge in [-0.15, -0.1) is 0 Å². The maximum absolute atomic E-state index is 12.7. The summed E-state index contributed by atoms with van der Waals surface area (Å²) in [5.41, 5.74) is 1.90. The lowest BCUT2D eigenvalue weighted by Gasteiger charge is -2.44. The van der Waals surface area contributed by atoms with Gasteiger partial charge in [0.15, 0.2) is 0 Å². The van der Waals surface area contributed by atoms with Gasteiger partial charge in [-0.3, -0.25) is 4.79 Å². The number of carbonyl (C=O) groups is 1. The summed E-state index contributed by atoms with van der Waals surface area (Å²) in [5.74, 6) is 1.88. The Morgan fingerprint density at radius 2 is 1.76 bits per heavy atom. The first-order chi connectivity index (χ1) is 12.2. The number of fused-ring (bicyclic) bond motifs is 1. The molecule has 0 aromatic heterocycles. The van der Waals surface area contributed by atoms with E-state index in [1.54, 1.807) is 7.11 Å². The van der Waals surface area contributed by atoms with Gasteiger partial charge in [0, 0.05) is 31.5 Å². The van der Waals surface area contributed by atoms with Gasteiger partial charge in [-0.1, -0.05) is 18.2 Å². The smallest absolute Gasteiger partial charge is 0.253 e. The van der Waals surface area contributed by atoms with Crippen LogP contribution in [0.3, 0.4) is 0 Å². The fourth-order valence-electron chi connectivity index (χ4n) is 3.84. The highest BCUT2D eigenvalue weighted by Gasteiger charge is 2.40. The number of rotatable bonds is 2. The van der Waals surface area contributed by atoms with Crippen LogP contribution in [0.25, 0.3) is 0 Å². The molecule has 2 heterocycles. The Hall–Kier alpha value is -2.49. The second-order valence-electron chi connectivity index (χ2n) is 6.91. The van der Waals surface area contributed by atoms with Gasteiger partial charge in [0.1, 0.15) is 17.1 Å². The molecule has 0 atom stereocenters. The van der Waals surface area contributed by atoms with Crippen LogP contribution in [0.15, 0.2) is 48.5 Å². The lowest BCUT2D eigenvalue weighted by molar-refractivity contribution is -0.0106. The van der Waals surface area contributed by atoms with Gasteiger partial charge in [-0.05, 0) is 48.7 Å². The van der Waals surface area contributed by atoms with Crippen LogP contribution in [-0.4, -0.2) is 36.6 Å². The van der Waals surface area contributed by atoms with Gasteiger partial charge >= 0.3 is 0 Å². The van der Waals surface area contributed by atoms with Crippen molar-refractivity contribution < 1.29 is 14.3 Å². The fourth-order valence-corrected chi connectivity index (χ4v) is 3.84. The van der Waals surface area contributed by atoms with E-state index in [-0.39, 0.29) is 11.5 Å². The SMILES string of the molecule is COc1ccc(C(=O)N2CCC3(CCc4ccccc4O3)CC2)cc1. The number of carbonyl (C=O) groups excluding carboxylic acids is 1. The van der Waals surface area contributed by atoms with Crippen LogP contribution >= 0.6 is 0 Å². The quantitative estimate of drug-likeness (QED) is 0.839. The average molecular weight is 337 g/mol. The molecule has 4 nitrogen and oxygen atoms in total. The number of para-hydroxylation sites is 1. The van der Waals surface area contributed by atoms with Crippen molar-refractivity contribution in [2.24, 2.45) is 0 Å². The van der Waals surface area contributed by atoms with Crippen molar-refractivity contribution in [1.82, 2.24) is 4.90 Å². The van der Waals surface area contributed by atoms with Crippen molar-refractivity contribution in [2.75, 3.05) is 20.2 Å². The molecule has 4 rings (SSSR count). The van der Waals surface area contributed by atoms with E-state index in [1.165, 1.54) is 5.56 Å². The molecule has 2 aromatic carbocycles. The molecule has 0 N–H and O–H groups in total. The van der Waals surface area contributed by atoms with Crippen LogP contribution in [0.4, 0.5) is 0 Å². The average Bonchev–Trinajstić information content (AvgIpc) is 2.68. The normalized spacial score (nSPS) is 18.4. The highest BCUT2D eigenvalue weighted by molar-refractivity contribution is 5.94. The Morgan fingerprint density at radius 1 is 1.04 bits per heavy atom. The first-order valence-corrected chi connectivity index (χ1v) is 8.89. The zero-order chi connectivity index (χ0) is 17.3. The van der Waals surface area contributed by atoms with E-state index in [1.807, 2.05) is 35.2 Å². The minimum Gasteiger partial charge on any atom is -0.497 e. The molecule has 1 amide bonds. The summed E-state index contributed by atoms with van der Waals surface area (Å²) in [4.78, 5) is 14.7. The number of amides is 1. The lowest BCUT2D eigenvalue weighted by atomic mass is 9.83. The number of nitrogens with zero attached hydrogens (tertiary/aromatic N) is 1. The molecular weight excluding hydrogens is 314 g/mol. The summed E-state index contributed by atoms with van der Waals surface area (Å²) in [6.45, 7) is 1.49. The predicted molar refractivity (Wildman–Crippen MR) is 96.3 cm³/mol. The minimum atomic E-state index is -0.106. The van der Waals surface area contributed by atoms with Gasteiger partial charge in [0.2, 0.25) is 0 Å². The van der Waals surface area contributed by atoms with Crippen LogP contribution in [0.2, 0.25) is 0 Å². The van der Waals surface area contributed by atoms with Crippen molar-refractivity contribution >= 4 is 5.91 Å². The van der Waals surface area contributed by atoms with Crippen LogP contribution in [-0.2, 0) is 6.42 Å². The second kappa shape index (κ2) is 6.43. The minimum absolute atomic E-state index is 0.0914. The molecule has 2 aliphatic heterocycles. The summed E-state index contributed by atoms with van der Waals surface area (Å²) < 4.78 is 11.5. The van der Waals surface area contributed by atoms with Crippen molar-refractivity contribution in [2.45, 2.75) is 31.3 Å². The van der Waals surface area contributed by atoms with E-state index >= 15 is 0 Å². The van der Waals surface area contributed by atoms with E-state index in [0.717, 1.165) is 50.3 Å². The molecular formula is C21H23NO3. The zero-order valence-electron chi connectivity index (χ0n) is 14.5. The Bertz CT molecular complexity index is 761. The van der Waals surface area contributed by atoms with Crippen LogP contribution in [0, 0.1) is 0 Å². The molecule has 1 fully saturated rings. The molecule has 2 aromatic rings. The van der Waals surface area contributed by atoms with E-state index in [4.69, 9.17) is 9.47 Å². The molecule has 4 heteroatoms. The molecule has 1 saturated heterocycles. The van der Waals surface area contributed by atoms with Gasteiger partial charge in [-0.2, -0.15) is 0 Å². The largest absolute Gasteiger partial charge is 0.497 e. The van der Waals surface area contributed by atoms with Crippen molar-refractivity contribution in [3.63, 3.8) is 0 Å². The molecule has 1 spiro atoms. The number of aryl methyl sites for hydroxylation is 1. The third-order valence-electron chi connectivity index (χ3n) is 5.45. The van der Waals surface area contributed by atoms with Crippen molar-refractivity contribution in [3.05, 3.63) is 59.7 Å². The molecule has 0 unspecified atom stereocenters. The number of likely N-dealkylation sites (tertiary alicyclic amines) is 1. The van der Waals surface area contributed by atoms with Crippen LogP contribution < -0.4 is 9.47 Å². The Kier molecular flexibility index (Phi) is 4.12. The van der Waals surface area contributed by atoms with Crippen LogP contribution in [0.5, 0.6) is 11.5 Å². The zero-order valence-corrected chi connectivity index (χ0v) is 14.5. The standard InChI is InChI=1S/C21H23NO3/c1-24-18-8-6-17(7-9-18)20(23)22-14-12-21(13-15-22)11-10-16-4-2-3-5-19(16)25-21/h2-9H,10-15H2,1H3. The second-order valence-corrected chi connectivity index (χ2v) is 6.91. The number of benzene rings is 2. The maximum atomic E-state index is 12.7. The molecule has 2 aliphatic rings. The van der Waals surface area contributed by atoms with Crippen molar-refractivity contribution in [3.8, 4) is 11.5 Å². The molecule has 0 bridgehead atoms. The molecule has 25 heavy (non-hydrogen) atoms. The number of ether oxygens (including phenoxy) is 2. The van der Waals surface area contributed by atoms with Gasteiger partial charge in [0.05, 0.1) is 7.11 Å². The third-order valence-corrected chi connectivity index (χ3v) is 5.45.